The van der Waals surface area contributed by atoms with E-state index in [0.29, 0.717) is 23.2 Å². The maximum absolute atomic E-state index is 10.3. The average Bonchev–Trinajstić information content (AvgIpc) is 3.06. The smallest absolute Gasteiger partial charge is 0.192 e. The standard InChI is InChI=1S/C18H22N6O/c1-12-5-6-14(15(25)10-12)17-22-21-16(18-19-7-9-24(17)18)20-13-4-3-8-23(2)11-13/h5-7,9-10,13,25H,3-4,8,11H2,1-2H3,(H,20,21)/t13-/m1/s1. The molecule has 0 bridgehead atoms. The van der Waals surface area contributed by atoms with Crippen LogP contribution in [-0.4, -0.2) is 55.8 Å². The van der Waals surface area contributed by atoms with E-state index in [1.807, 2.05) is 29.7 Å². The Hall–Kier alpha value is -2.67. The first-order chi connectivity index (χ1) is 12.1. The molecule has 0 spiro atoms. The number of aromatic nitrogens is 4. The zero-order chi connectivity index (χ0) is 17.4. The van der Waals surface area contributed by atoms with Gasteiger partial charge < -0.3 is 15.3 Å². The number of aryl methyl sites for hydroxylation is 1. The molecule has 4 rings (SSSR count). The number of imidazole rings is 1. The van der Waals surface area contributed by atoms with E-state index in [4.69, 9.17) is 0 Å². The van der Waals surface area contributed by atoms with Crippen LogP contribution < -0.4 is 5.32 Å². The number of piperidine rings is 1. The van der Waals surface area contributed by atoms with Crippen molar-refractivity contribution in [2.45, 2.75) is 25.8 Å². The quantitative estimate of drug-likeness (QED) is 0.763. The third kappa shape index (κ3) is 3.02. The number of likely N-dealkylation sites (N-methyl/N-ethyl adjacent to an activating group) is 1. The van der Waals surface area contributed by atoms with Crippen molar-refractivity contribution in [1.82, 2.24) is 24.5 Å². The number of rotatable bonds is 3. The van der Waals surface area contributed by atoms with Crippen LogP contribution in [-0.2, 0) is 0 Å². The summed E-state index contributed by atoms with van der Waals surface area (Å²) in [5.41, 5.74) is 2.36. The molecule has 2 N–H and O–H groups in total. The SMILES string of the molecule is Cc1ccc(-c2nnc(N[C@@H]3CCCN(C)C3)c3nccn23)c(O)c1. The fraction of sp³-hybridized carbons (Fsp3) is 0.389. The maximum atomic E-state index is 10.3. The molecule has 25 heavy (non-hydrogen) atoms. The van der Waals surface area contributed by atoms with Crippen molar-refractivity contribution in [1.29, 1.82) is 0 Å². The van der Waals surface area contributed by atoms with E-state index in [0.717, 1.165) is 30.7 Å². The summed E-state index contributed by atoms with van der Waals surface area (Å²) in [6, 6.07) is 5.87. The fourth-order valence-electron chi connectivity index (χ4n) is 3.43. The minimum absolute atomic E-state index is 0.193. The zero-order valence-electron chi connectivity index (χ0n) is 14.5. The minimum Gasteiger partial charge on any atom is -0.507 e. The van der Waals surface area contributed by atoms with E-state index in [9.17, 15) is 5.11 Å². The number of hydrogen-bond acceptors (Lipinski definition) is 6. The van der Waals surface area contributed by atoms with Crippen LogP contribution >= 0.6 is 0 Å². The van der Waals surface area contributed by atoms with Gasteiger partial charge in [0.05, 0.1) is 5.56 Å². The molecule has 1 fully saturated rings. The Morgan fingerprint density at radius 1 is 1.28 bits per heavy atom. The lowest BCUT2D eigenvalue weighted by molar-refractivity contribution is 0.260. The molecule has 3 aromatic rings. The topological polar surface area (TPSA) is 78.6 Å². The van der Waals surface area contributed by atoms with Crippen molar-refractivity contribution in [3.63, 3.8) is 0 Å². The predicted molar refractivity (Wildman–Crippen MR) is 96.8 cm³/mol. The molecule has 1 saturated heterocycles. The van der Waals surface area contributed by atoms with Gasteiger partial charge in [-0.15, -0.1) is 10.2 Å². The molecule has 7 heteroatoms. The monoisotopic (exact) mass is 338 g/mol. The third-order valence-corrected chi connectivity index (χ3v) is 4.68. The molecule has 1 aromatic carbocycles. The Morgan fingerprint density at radius 3 is 2.96 bits per heavy atom. The van der Waals surface area contributed by atoms with Gasteiger partial charge in [-0.3, -0.25) is 4.40 Å². The van der Waals surface area contributed by atoms with E-state index >= 15 is 0 Å². The highest BCUT2D eigenvalue weighted by Gasteiger charge is 2.20. The molecular weight excluding hydrogens is 316 g/mol. The zero-order valence-corrected chi connectivity index (χ0v) is 14.5. The number of aromatic hydroxyl groups is 1. The molecule has 0 radical (unpaired) electrons. The second-order valence-electron chi connectivity index (χ2n) is 6.76. The van der Waals surface area contributed by atoms with Crippen LogP contribution in [0.3, 0.4) is 0 Å². The lowest BCUT2D eigenvalue weighted by atomic mass is 10.1. The number of likely N-dealkylation sites (tertiary alicyclic amines) is 1. The lowest BCUT2D eigenvalue weighted by Gasteiger charge is -2.30. The first-order valence-electron chi connectivity index (χ1n) is 8.56. The Morgan fingerprint density at radius 2 is 2.16 bits per heavy atom. The van der Waals surface area contributed by atoms with Gasteiger partial charge in [0.25, 0.3) is 0 Å². The molecule has 0 saturated carbocycles. The van der Waals surface area contributed by atoms with E-state index in [1.54, 1.807) is 12.3 Å². The van der Waals surface area contributed by atoms with Crippen LogP contribution in [0.25, 0.3) is 17.0 Å². The van der Waals surface area contributed by atoms with Gasteiger partial charge in [-0.05, 0) is 51.1 Å². The van der Waals surface area contributed by atoms with Gasteiger partial charge in [0, 0.05) is 25.0 Å². The number of benzene rings is 1. The van der Waals surface area contributed by atoms with Crippen molar-refractivity contribution in [3.05, 3.63) is 36.2 Å². The Kier molecular flexibility index (Phi) is 4.01. The van der Waals surface area contributed by atoms with Crippen LogP contribution in [0.5, 0.6) is 5.75 Å². The highest BCUT2D eigenvalue weighted by molar-refractivity contribution is 5.71. The lowest BCUT2D eigenvalue weighted by Crippen LogP contribution is -2.40. The molecular formula is C18H22N6O. The summed E-state index contributed by atoms with van der Waals surface area (Å²) in [5.74, 6) is 1.45. The second-order valence-corrected chi connectivity index (χ2v) is 6.76. The molecule has 0 amide bonds. The number of fused-ring (bicyclic) bond motifs is 1. The normalized spacial score (nSPS) is 18.6. The fourth-order valence-corrected chi connectivity index (χ4v) is 3.43. The van der Waals surface area contributed by atoms with Gasteiger partial charge >= 0.3 is 0 Å². The number of hydrogen-bond donors (Lipinski definition) is 2. The predicted octanol–water partition coefficient (Wildman–Crippen LogP) is 2.31. The molecule has 2 aromatic heterocycles. The minimum atomic E-state index is 0.193. The third-order valence-electron chi connectivity index (χ3n) is 4.68. The largest absolute Gasteiger partial charge is 0.507 e. The van der Waals surface area contributed by atoms with Crippen LogP contribution in [0.15, 0.2) is 30.6 Å². The van der Waals surface area contributed by atoms with Crippen LogP contribution in [0.1, 0.15) is 18.4 Å². The van der Waals surface area contributed by atoms with Crippen molar-refractivity contribution in [2.75, 3.05) is 25.5 Å². The molecule has 0 unspecified atom stereocenters. The number of phenols is 1. The van der Waals surface area contributed by atoms with Crippen molar-refractivity contribution in [2.24, 2.45) is 0 Å². The highest BCUT2D eigenvalue weighted by Crippen LogP contribution is 2.29. The van der Waals surface area contributed by atoms with Gasteiger partial charge in [-0.2, -0.15) is 0 Å². The molecule has 0 aliphatic carbocycles. The summed E-state index contributed by atoms with van der Waals surface area (Å²) in [6.45, 7) is 4.06. The van der Waals surface area contributed by atoms with E-state index in [1.165, 1.54) is 6.42 Å². The van der Waals surface area contributed by atoms with E-state index in [2.05, 4.69) is 32.4 Å². The molecule has 1 aliphatic rings. The molecule has 7 nitrogen and oxygen atoms in total. The van der Waals surface area contributed by atoms with Gasteiger partial charge in [0.15, 0.2) is 17.3 Å². The number of phenolic OH excluding ortho intramolecular Hbond substituents is 1. The molecule has 1 atom stereocenters. The van der Waals surface area contributed by atoms with E-state index < -0.39 is 0 Å². The molecule has 1 aliphatic heterocycles. The van der Waals surface area contributed by atoms with Crippen molar-refractivity contribution in [3.8, 4) is 17.1 Å². The number of anilines is 1. The van der Waals surface area contributed by atoms with Gasteiger partial charge in [-0.1, -0.05) is 6.07 Å². The first-order valence-corrected chi connectivity index (χ1v) is 8.56. The van der Waals surface area contributed by atoms with Gasteiger partial charge in [-0.25, -0.2) is 4.98 Å². The second kappa shape index (κ2) is 6.33. The van der Waals surface area contributed by atoms with E-state index in [-0.39, 0.29) is 5.75 Å². The number of nitrogens with one attached hydrogen (secondary N) is 1. The van der Waals surface area contributed by atoms with Crippen molar-refractivity contribution >= 4 is 11.5 Å². The highest BCUT2D eigenvalue weighted by atomic mass is 16.3. The Bertz CT molecular complexity index is 906. The maximum Gasteiger partial charge on any atom is 0.192 e. The first kappa shape index (κ1) is 15.8. The molecule has 130 valence electrons. The van der Waals surface area contributed by atoms with Crippen LogP contribution in [0.2, 0.25) is 0 Å². The van der Waals surface area contributed by atoms with Crippen LogP contribution in [0.4, 0.5) is 5.82 Å². The summed E-state index contributed by atoms with van der Waals surface area (Å²) in [6.07, 6.45) is 5.85. The summed E-state index contributed by atoms with van der Waals surface area (Å²) in [5, 5.41) is 22.5. The number of nitrogens with zero attached hydrogens (tertiary/aromatic N) is 5. The molecule has 3 heterocycles. The summed E-state index contributed by atoms with van der Waals surface area (Å²) in [7, 11) is 2.13. The van der Waals surface area contributed by atoms with Gasteiger partial charge in [0.2, 0.25) is 0 Å². The summed E-state index contributed by atoms with van der Waals surface area (Å²) < 4.78 is 1.87. The average molecular weight is 338 g/mol. The van der Waals surface area contributed by atoms with Crippen molar-refractivity contribution < 1.29 is 5.11 Å². The van der Waals surface area contributed by atoms with Crippen LogP contribution in [0, 0.1) is 6.92 Å². The van der Waals surface area contributed by atoms with Gasteiger partial charge in [0.1, 0.15) is 5.75 Å². The Labute approximate surface area is 146 Å². The summed E-state index contributed by atoms with van der Waals surface area (Å²) >= 11 is 0. The Balaban J connectivity index is 1.71. The summed E-state index contributed by atoms with van der Waals surface area (Å²) in [4.78, 5) is 6.75.